The van der Waals surface area contributed by atoms with Crippen LogP contribution in [0.1, 0.15) is 31.2 Å². The fourth-order valence-electron chi connectivity index (χ4n) is 2.94. The number of hydrogen-bond donors (Lipinski definition) is 2. The average molecular weight is 284 g/mol. The molecule has 1 saturated carbocycles. The fraction of sp³-hybridized carbons (Fsp3) is 0.500. The summed E-state index contributed by atoms with van der Waals surface area (Å²) in [5.41, 5.74) is -1.50. The Morgan fingerprint density at radius 3 is 2.35 bits per heavy atom. The predicted octanol–water partition coefficient (Wildman–Crippen LogP) is 2.44. The molecule has 2 rings (SSSR count). The zero-order valence-electron chi connectivity index (χ0n) is 11.4. The summed E-state index contributed by atoms with van der Waals surface area (Å²) in [5, 5.41) is 19.3. The lowest BCUT2D eigenvalue weighted by atomic mass is 9.77. The lowest BCUT2D eigenvalue weighted by molar-refractivity contribution is -0.143. The van der Waals surface area contributed by atoms with E-state index >= 15 is 0 Å². The van der Waals surface area contributed by atoms with Crippen molar-refractivity contribution in [2.75, 3.05) is 14.2 Å². The van der Waals surface area contributed by atoms with Crippen LogP contribution in [-0.2, 0) is 10.2 Å². The second-order valence-corrected chi connectivity index (χ2v) is 4.91. The van der Waals surface area contributed by atoms with E-state index in [1.807, 2.05) is 0 Å². The van der Waals surface area contributed by atoms with Crippen LogP contribution in [-0.4, -0.2) is 30.4 Å². The van der Waals surface area contributed by atoms with Crippen LogP contribution in [0.15, 0.2) is 6.07 Å². The van der Waals surface area contributed by atoms with Crippen LogP contribution in [0.2, 0.25) is 0 Å². The zero-order valence-corrected chi connectivity index (χ0v) is 11.4. The van der Waals surface area contributed by atoms with Crippen molar-refractivity contribution in [2.45, 2.75) is 31.1 Å². The van der Waals surface area contributed by atoms with Gasteiger partial charge in [-0.05, 0) is 12.8 Å². The number of phenols is 1. The molecule has 1 aromatic rings. The number of phenolic OH excluding ortho intramolecular Hbond substituents is 1. The minimum absolute atomic E-state index is 0.0344. The van der Waals surface area contributed by atoms with Crippen LogP contribution in [0.5, 0.6) is 17.2 Å². The Balaban J connectivity index is 2.77. The topological polar surface area (TPSA) is 76.0 Å². The van der Waals surface area contributed by atoms with Crippen molar-refractivity contribution >= 4 is 5.97 Å². The Morgan fingerprint density at radius 1 is 1.30 bits per heavy atom. The lowest BCUT2D eigenvalue weighted by Gasteiger charge is -2.27. The first-order valence-corrected chi connectivity index (χ1v) is 6.35. The van der Waals surface area contributed by atoms with E-state index in [0.29, 0.717) is 25.7 Å². The number of aliphatic carboxylic acids is 1. The van der Waals surface area contributed by atoms with Gasteiger partial charge in [0.2, 0.25) is 0 Å². The van der Waals surface area contributed by atoms with Crippen molar-refractivity contribution in [1.29, 1.82) is 0 Å². The average Bonchev–Trinajstić information content (AvgIpc) is 2.91. The Hall–Kier alpha value is -1.98. The largest absolute Gasteiger partial charge is 0.505 e. The SMILES string of the molecule is COc1cc(O)c(F)c(C2(C(=O)O)CCCC2)c1OC. The van der Waals surface area contributed by atoms with E-state index in [-0.39, 0.29) is 17.1 Å². The molecule has 0 spiro atoms. The van der Waals surface area contributed by atoms with Crippen LogP contribution < -0.4 is 9.47 Å². The summed E-state index contributed by atoms with van der Waals surface area (Å²) in [6, 6.07) is 1.09. The first kappa shape index (κ1) is 14.4. The van der Waals surface area contributed by atoms with Gasteiger partial charge in [0.1, 0.15) is 0 Å². The second-order valence-electron chi connectivity index (χ2n) is 4.91. The molecular formula is C14H17FO5. The number of aromatic hydroxyl groups is 1. The number of carboxylic acids is 1. The number of halogens is 1. The Labute approximate surface area is 115 Å². The van der Waals surface area contributed by atoms with Gasteiger partial charge in [0, 0.05) is 6.07 Å². The summed E-state index contributed by atoms with van der Waals surface area (Å²) in [6.45, 7) is 0. The molecular weight excluding hydrogens is 267 g/mol. The number of rotatable bonds is 4. The van der Waals surface area contributed by atoms with Crippen molar-refractivity contribution in [3.05, 3.63) is 17.4 Å². The van der Waals surface area contributed by atoms with E-state index in [0.717, 1.165) is 6.07 Å². The van der Waals surface area contributed by atoms with Crippen LogP contribution >= 0.6 is 0 Å². The number of ether oxygens (including phenoxy) is 2. The number of carbonyl (C=O) groups is 1. The molecule has 0 amide bonds. The third-order valence-corrected chi connectivity index (χ3v) is 3.93. The molecule has 0 heterocycles. The van der Waals surface area contributed by atoms with Gasteiger partial charge < -0.3 is 19.7 Å². The maximum absolute atomic E-state index is 14.4. The van der Waals surface area contributed by atoms with Gasteiger partial charge in [-0.1, -0.05) is 12.8 Å². The molecule has 1 aromatic carbocycles. The second kappa shape index (κ2) is 5.19. The van der Waals surface area contributed by atoms with Gasteiger partial charge in [-0.3, -0.25) is 4.79 Å². The van der Waals surface area contributed by atoms with Crippen molar-refractivity contribution < 1.29 is 28.9 Å². The van der Waals surface area contributed by atoms with E-state index in [9.17, 15) is 19.4 Å². The molecule has 1 aliphatic rings. The molecule has 6 heteroatoms. The van der Waals surface area contributed by atoms with Crippen LogP contribution in [0.25, 0.3) is 0 Å². The molecule has 0 bridgehead atoms. The molecule has 0 aliphatic heterocycles. The number of benzene rings is 1. The minimum Gasteiger partial charge on any atom is -0.505 e. The summed E-state index contributed by atoms with van der Waals surface area (Å²) < 4.78 is 24.6. The highest BCUT2D eigenvalue weighted by molar-refractivity contribution is 5.84. The first-order chi connectivity index (χ1) is 9.47. The van der Waals surface area contributed by atoms with Gasteiger partial charge in [0.15, 0.2) is 23.1 Å². The van der Waals surface area contributed by atoms with E-state index in [1.54, 1.807) is 0 Å². The maximum Gasteiger partial charge on any atom is 0.314 e. The van der Waals surface area contributed by atoms with E-state index in [1.165, 1.54) is 14.2 Å². The monoisotopic (exact) mass is 284 g/mol. The Kier molecular flexibility index (Phi) is 3.74. The zero-order chi connectivity index (χ0) is 14.9. The van der Waals surface area contributed by atoms with Crippen LogP contribution in [0.3, 0.4) is 0 Å². The molecule has 20 heavy (non-hydrogen) atoms. The van der Waals surface area contributed by atoms with Crippen molar-refractivity contribution in [1.82, 2.24) is 0 Å². The molecule has 0 atom stereocenters. The summed E-state index contributed by atoms with van der Waals surface area (Å²) in [6.07, 6.45) is 1.99. The Bertz CT molecular complexity index is 535. The number of methoxy groups -OCH3 is 2. The van der Waals surface area contributed by atoms with E-state index in [2.05, 4.69) is 0 Å². The molecule has 1 aliphatic carbocycles. The van der Waals surface area contributed by atoms with Gasteiger partial charge >= 0.3 is 5.97 Å². The first-order valence-electron chi connectivity index (χ1n) is 6.35. The van der Waals surface area contributed by atoms with Gasteiger partial charge in [-0.25, -0.2) is 4.39 Å². The van der Waals surface area contributed by atoms with Crippen LogP contribution in [0.4, 0.5) is 4.39 Å². The summed E-state index contributed by atoms with van der Waals surface area (Å²) in [5.74, 6) is -2.54. The third-order valence-electron chi connectivity index (χ3n) is 3.93. The molecule has 0 saturated heterocycles. The normalized spacial score (nSPS) is 16.9. The van der Waals surface area contributed by atoms with E-state index in [4.69, 9.17) is 9.47 Å². The summed E-state index contributed by atoms with van der Waals surface area (Å²) in [4.78, 5) is 11.7. The van der Waals surface area contributed by atoms with Gasteiger partial charge in [-0.2, -0.15) is 0 Å². The molecule has 0 radical (unpaired) electrons. The fourth-order valence-corrected chi connectivity index (χ4v) is 2.94. The van der Waals surface area contributed by atoms with Crippen molar-refractivity contribution in [3.8, 4) is 17.2 Å². The smallest absolute Gasteiger partial charge is 0.314 e. The third kappa shape index (κ3) is 1.95. The van der Waals surface area contributed by atoms with Gasteiger partial charge in [0.25, 0.3) is 0 Å². The molecule has 5 nitrogen and oxygen atoms in total. The highest BCUT2D eigenvalue weighted by Crippen LogP contribution is 2.50. The summed E-state index contributed by atoms with van der Waals surface area (Å²) in [7, 11) is 2.67. The van der Waals surface area contributed by atoms with Crippen LogP contribution in [0, 0.1) is 5.82 Å². The predicted molar refractivity (Wildman–Crippen MR) is 69.0 cm³/mol. The summed E-state index contributed by atoms with van der Waals surface area (Å²) >= 11 is 0. The molecule has 2 N–H and O–H groups in total. The number of hydrogen-bond acceptors (Lipinski definition) is 4. The quantitative estimate of drug-likeness (QED) is 0.888. The highest BCUT2D eigenvalue weighted by Gasteiger charge is 2.48. The standard InChI is InChI=1S/C14H17FO5/c1-19-9-7-8(16)11(15)10(12(9)20-2)14(13(17)18)5-3-4-6-14/h7,16H,3-6H2,1-2H3,(H,17,18). The Morgan fingerprint density at radius 2 is 1.90 bits per heavy atom. The van der Waals surface area contributed by atoms with Crippen molar-refractivity contribution in [3.63, 3.8) is 0 Å². The number of carboxylic acid groups (broad SMARTS) is 1. The minimum atomic E-state index is -1.37. The maximum atomic E-state index is 14.4. The lowest BCUT2D eigenvalue weighted by Crippen LogP contribution is -2.34. The van der Waals surface area contributed by atoms with Crippen molar-refractivity contribution in [2.24, 2.45) is 0 Å². The van der Waals surface area contributed by atoms with Gasteiger partial charge in [0.05, 0.1) is 25.2 Å². The van der Waals surface area contributed by atoms with E-state index < -0.39 is 23.0 Å². The molecule has 0 aromatic heterocycles. The molecule has 0 unspecified atom stereocenters. The highest BCUT2D eigenvalue weighted by atomic mass is 19.1. The molecule has 110 valence electrons. The molecule has 1 fully saturated rings. The van der Waals surface area contributed by atoms with Gasteiger partial charge in [-0.15, -0.1) is 0 Å².